The molecule has 8 nitrogen and oxygen atoms in total. The maximum atomic E-state index is 14.3. The van der Waals surface area contributed by atoms with Crippen molar-refractivity contribution < 1.29 is 19.1 Å². The second-order valence-electron chi connectivity index (χ2n) is 14.0. The minimum Gasteiger partial charge on any atom is -0.359 e. The zero-order chi connectivity index (χ0) is 32.5. The molecule has 0 aromatic heterocycles. The van der Waals surface area contributed by atoms with E-state index in [1.165, 1.54) is 12.0 Å². The fraction of sp³-hybridized carbons (Fsp3) is 0.541. The van der Waals surface area contributed by atoms with E-state index in [1.807, 2.05) is 12.2 Å². The van der Waals surface area contributed by atoms with Gasteiger partial charge in [0.25, 0.3) is 0 Å². The van der Waals surface area contributed by atoms with Crippen molar-refractivity contribution in [3.8, 4) is 0 Å². The Bertz CT molecular complexity index is 1510. The Labute approximate surface area is 287 Å². The summed E-state index contributed by atoms with van der Waals surface area (Å²) in [4.78, 5) is 46.4. The predicted molar refractivity (Wildman–Crippen MR) is 183 cm³/mol. The van der Waals surface area contributed by atoms with Crippen molar-refractivity contribution >= 4 is 46.6 Å². The third-order valence-corrected chi connectivity index (χ3v) is 11.8. The number of nitrogens with zero attached hydrogens (tertiary/aromatic N) is 2. The molecule has 4 aliphatic heterocycles. The number of hydrogen-bond donors (Lipinski definition) is 2. The summed E-state index contributed by atoms with van der Waals surface area (Å²) in [5.74, 6) is -1.55. The van der Waals surface area contributed by atoms with Crippen LogP contribution in [0.5, 0.6) is 0 Å². The van der Waals surface area contributed by atoms with Crippen LogP contribution in [0.4, 0.5) is 5.69 Å². The monoisotopic (exact) mass is 678 g/mol. The third-order valence-electron chi connectivity index (χ3n) is 11.0. The molecule has 2 bridgehead atoms. The fourth-order valence-corrected chi connectivity index (χ4v) is 8.96. The number of ether oxygens (including phenoxy) is 1. The Morgan fingerprint density at radius 3 is 2.43 bits per heavy atom. The molecule has 1 saturated carbocycles. The van der Waals surface area contributed by atoms with E-state index in [0.29, 0.717) is 28.2 Å². The lowest BCUT2D eigenvalue weighted by atomic mass is 9.74. The van der Waals surface area contributed by atoms with Crippen molar-refractivity contribution in [2.24, 2.45) is 17.8 Å². The van der Waals surface area contributed by atoms with Gasteiger partial charge in [-0.1, -0.05) is 84.9 Å². The number of hydrogen-bond acceptors (Lipinski definition) is 5. The summed E-state index contributed by atoms with van der Waals surface area (Å²) in [5.41, 5.74) is 0.720. The van der Waals surface area contributed by atoms with Gasteiger partial charge in [-0.15, -0.1) is 0 Å². The largest absolute Gasteiger partial charge is 0.359 e. The van der Waals surface area contributed by atoms with Crippen LogP contribution in [0.1, 0.15) is 56.9 Å². The van der Waals surface area contributed by atoms with Gasteiger partial charge < -0.3 is 25.2 Å². The van der Waals surface area contributed by atoms with Crippen molar-refractivity contribution in [3.63, 3.8) is 0 Å². The first-order valence-electron chi connectivity index (χ1n) is 17.3. The van der Waals surface area contributed by atoms with E-state index in [2.05, 4.69) is 45.9 Å². The molecule has 2 aromatic rings. The Morgan fingerprint density at radius 1 is 0.915 bits per heavy atom. The standard InChI is InChI=1S/C37H44Cl2N4O4/c38-28-13-12-27(23-29(28)39)41-34(44)31-30-14-17-37(47-30)32(31)36(46)43(33(37)35(45)40-26-10-5-2-6-11-26)19-7-18-42-20-15-25(16-21-42)22-24-8-3-1-4-9-24/h1,3-4,8-9,12-14,17,23,25-26,30-33H,2,5-7,10-11,15-16,18-22H2,(H,40,45)(H,41,44)/t30-,31-,32-,33+,37-/m1/s1. The fourth-order valence-electron chi connectivity index (χ4n) is 8.66. The smallest absolute Gasteiger partial charge is 0.246 e. The number of fused-ring (bicyclic) bond motifs is 1. The predicted octanol–water partition coefficient (Wildman–Crippen LogP) is 5.88. The number of anilines is 1. The molecule has 1 aliphatic carbocycles. The first-order valence-corrected chi connectivity index (χ1v) is 18.1. The highest BCUT2D eigenvalue weighted by atomic mass is 35.5. The van der Waals surface area contributed by atoms with Gasteiger partial charge in [-0.05, 0) is 87.8 Å². The number of carbonyl (C=O) groups excluding carboxylic acids is 3. The molecule has 3 saturated heterocycles. The zero-order valence-corrected chi connectivity index (χ0v) is 28.2. The molecule has 1 spiro atoms. The first kappa shape index (κ1) is 32.6. The molecule has 0 unspecified atom stereocenters. The number of nitrogens with one attached hydrogen (secondary N) is 2. The van der Waals surface area contributed by atoms with Crippen LogP contribution in [0.2, 0.25) is 10.0 Å². The molecule has 7 rings (SSSR count). The average Bonchev–Trinajstić information content (AvgIpc) is 3.72. The molecule has 5 aliphatic rings. The summed E-state index contributed by atoms with van der Waals surface area (Å²) in [5, 5.41) is 6.91. The zero-order valence-electron chi connectivity index (χ0n) is 26.7. The highest BCUT2D eigenvalue weighted by molar-refractivity contribution is 6.42. The Morgan fingerprint density at radius 2 is 1.68 bits per heavy atom. The van der Waals surface area contributed by atoms with Gasteiger partial charge in [-0.25, -0.2) is 0 Å². The quantitative estimate of drug-likeness (QED) is 0.307. The van der Waals surface area contributed by atoms with E-state index in [9.17, 15) is 14.4 Å². The van der Waals surface area contributed by atoms with Gasteiger partial charge in [-0.3, -0.25) is 14.4 Å². The summed E-state index contributed by atoms with van der Waals surface area (Å²) in [7, 11) is 0. The van der Waals surface area contributed by atoms with E-state index in [1.54, 1.807) is 23.1 Å². The van der Waals surface area contributed by atoms with Gasteiger partial charge in [0.15, 0.2) is 0 Å². The molecule has 4 fully saturated rings. The Balaban J connectivity index is 1.04. The molecule has 2 N–H and O–H groups in total. The van der Waals surface area contributed by atoms with Crippen LogP contribution in [-0.4, -0.2) is 77.5 Å². The second-order valence-corrected chi connectivity index (χ2v) is 14.8. The SMILES string of the molecule is O=C(Nc1ccc(Cl)c(Cl)c1)[C@@H]1[C@H]2C=C[C@]3(O2)[C@H](C(=O)NC2CCCCC2)N(CCCN2CCC(Cc4ccccc4)CC2)C(=O)[C@@H]13. The summed E-state index contributed by atoms with van der Waals surface area (Å²) >= 11 is 12.3. The first-order chi connectivity index (χ1) is 22.8. The van der Waals surface area contributed by atoms with Crippen LogP contribution < -0.4 is 10.6 Å². The highest BCUT2D eigenvalue weighted by Gasteiger charge is 2.72. The molecule has 250 valence electrons. The number of halogens is 2. The number of rotatable bonds is 10. The second kappa shape index (κ2) is 13.9. The Hall–Kier alpha value is -2.91. The van der Waals surface area contributed by atoms with Gasteiger partial charge in [0.2, 0.25) is 17.7 Å². The molecule has 5 atom stereocenters. The summed E-state index contributed by atoms with van der Waals surface area (Å²) in [6.45, 7) is 3.37. The summed E-state index contributed by atoms with van der Waals surface area (Å²) in [6.07, 6.45) is 12.6. The van der Waals surface area contributed by atoms with Gasteiger partial charge in [0.1, 0.15) is 11.6 Å². The molecule has 4 heterocycles. The van der Waals surface area contributed by atoms with Crippen LogP contribution >= 0.6 is 23.2 Å². The van der Waals surface area contributed by atoms with Crippen LogP contribution in [0, 0.1) is 17.8 Å². The van der Waals surface area contributed by atoms with Crippen LogP contribution in [0.25, 0.3) is 0 Å². The number of likely N-dealkylation sites (tertiary alicyclic amines) is 2. The summed E-state index contributed by atoms with van der Waals surface area (Å²) in [6, 6.07) is 14.9. The van der Waals surface area contributed by atoms with Crippen molar-refractivity contribution in [1.82, 2.24) is 15.1 Å². The molecular weight excluding hydrogens is 635 g/mol. The van der Waals surface area contributed by atoms with Crippen LogP contribution in [-0.2, 0) is 25.5 Å². The van der Waals surface area contributed by atoms with Crippen molar-refractivity contribution in [3.05, 3.63) is 76.3 Å². The number of piperidine rings is 1. The Kier molecular flexibility index (Phi) is 9.65. The van der Waals surface area contributed by atoms with Crippen LogP contribution in [0.3, 0.4) is 0 Å². The average molecular weight is 680 g/mol. The molecule has 3 amide bonds. The van der Waals surface area contributed by atoms with Crippen LogP contribution in [0.15, 0.2) is 60.7 Å². The van der Waals surface area contributed by atoms with Crippen molar-refractivity contribution in [2.75, 3.05) is 31.5 Å². The van der Waals surface area contributed by atoms with Gasteiger partial charge in [0.05, 0.1) is 28.0 Å². The van der Waals surface area contributed by atoms with Crippen molar-refractivity contribution in [1.29, 1.82) is 0 Å². The van der Waals surface area contributed by atoms with E-state index < -0.39 is 29.6 Å². The lowest BCUT2D eigenvalue weighted by molar-refractivity contribution is -0.141. The van der Waals surface area contributed by atoms with E-state index in [4.69, 9.17) is 27.9 Å². The molecule has 0 radical (unpaired) electrons. The molecule has 47 heavy (non-hydrogen) atoms. The normalized spacial score (nSPS) is 29.3. The lowest BCUT2D eigenvalue weighted by Crippen LogP contribution is -2.56. The molecule has 2 aromatic carbocycles. The maximum absolute atomic E-state index is 14.3. The van der Waals surface area contributed by atoms with E-state index in [-0.39, 0.29) is 23.8 Å². The van der Waals surface area contributed by atoms with Crippen molar-refractivity contribution in [2.45, 2.75) is 81.6 Å². The van der Waals surface area contributed by atoms with Gasteiger partial charge >= 0.3 is 0 Å². The molecular formula is C37H44Cl2N4O4. The maximum Gasteiger partial charge on any atom is 0.246 e. The van der Waals surface area contributed by atoms with Gasteiger partial charge in [0, 0.05) is 18.3 Å². The van der Waals surface area contributed by atoms with E-state index >= 15 is 0 Å². The number of carbonyl (C=O) groups is 3. The highest BCUT2D eigenvalue weighted by Crippen LogP contribution is 2.55. The van der Waals surface area contributed by atoms with Gasteiger partial charge in [-0.2, -0.15) is 0 Å². The number of benzene rings is 2. The number of amides is 3. The lowest BCUT2D eigenvalue weighted by Gasteiger charge is -2.35. The minimum absolute atomic E-state index is 0.0946. The third kappa shape index (κ3) is 6.59. The summed E-state index contributed by atoms with van der Waals surface area (Å²) < 4.78 is 6.53. The van der Waals surface area contributed by atoms with E-state index in [0.717, 1.165) is 71.0 Å². The topological polar surface area (TPSA) is 91.0 Å². The molecule has 10 heteroatoms. The minimum atomic E-state index is -1.17.